The zero-order valence-electron chi connectivity index (χ0n) is 14.0. The molecule has 3 rings (SSSR count). The minimum absolute atomic E-state index is 0. The average Bonchev–Trinajstić information content (AvgIpc) is 3.24. The van der Waals surface area contributed by atoms with Gasteiger partial charge in [-0.15, -0.1) is 12.4 Å². The molecule has 1 unspecified atom stereocenters. The number of carbonyl (C=O) groups excluding carboxylic acids is 1. The van der Waals surface area contributed by atoms with Gasteiger partial charge in [0.15, 0.2) is 0 Å². The van der Waals surface area contributed by atoms with Crippen LogP contribution in [-0.4, -0.2) is 42.8 Å². The molecule has 2 aromatic rings. The molecular formula is C17H22ClN3O3S. The van der Waals surface area contributed by atoms with Crippen molar-refractivity contribution in [2.75, 3.05) is 19.6 Å². The number of nitrogens with zero attached hydrogens (tertiary/aromatic N) is 2. The molecule has 1 saturated heterocycles. The second-order valence-corrected chi connectivity index (χ2v) is 8.03. The summed E-state index contributed by atoms with van der Waals surface area (Å²) in [7, 11) is -3.68. The van der Waals surface area contributed by atoms with E-state index in [0.717, 1.165) is 16.0 Å². The lowest BCUT2D eigenvalue weighted by molar-refractivity contribution is 0.0788. The lowest BCUT2D eigenvalue weighted by Crippen LogP contribution is -2.29. The van der Waals surface area contributed by atoms with E-state index in [9.17, 15) is 13.2 Å². The average molecular weight is 384 g/mol. The Hall–Kier alpha value is -1.83. The standard InChI is InChI=1S/C17H21N3O3S.ClH/c1-13-2-4-16(5-3-13)24(22,23)20-9-7-15(12-20)17(21)19-8-6-14(10-18)11-19;/h2-5,7,9,12,14H,6,8,10-11,18H2,1H3;1H. The van der Waals surface area contributed by atoms with E-state index in [-0.39, 0.29) is 23.2 Å². The predicted octanol–water partition coefficient (Wildman–Crippen LogP) is 1.88. The quantitative estimate of drug-likeness (QED) is 0.873. The fraction of sp³-hybridized carbons (Fsp3) is 0.353. The van der Waals surface area contributed by atoms with Gasteiger partial charge in [-0.1, -0.05) is 17.7 Å². The monoisotopic (exact) mass is 383 g/mol. The third kappa shape index (κ3) is 3.89. The van der Waals surface area contributed by atoms with Gasteiger partial charge in [0.2, 0.25) is 0 Å². The maximum absolute atomic E-state index is 12.6. The molecule has 1 aliphatic heterocycles. The Balaban J connectivity index is 0.00000225. The number of aromatic nitrogens is 1. The Morgan fingerprint density at radius 2 is 1.92 bits per heavy atom. The molecule has 1 aromatic heterocycles. The number of carbonyl (C=O) groups is 1. The van der Waals surface area contributed by atoms with E-state index in [1.54, 1.807) is 35.2 Å². The molecule has 25 heavy (non-hydrogen) atoms. The summed E-state index contributed by atoms with van der Waals surface area (Å²) < 4.78 is 26.3. The van der Waals surface area contributed by atoms with Gasteiger partial charge in [-0.2, -0.15) is 0 Å². The SMILES string of the molecule is Cc1ccc(S(=O)(=O)n2ccc(C(=O)N3CCC(CN)C3)c2)cc1.Cl. The molecule has 6 nitrogen and oxygen atoms in total. The lowest BCUT2D eigenvalue weighted by Gasteiger charge is -2.15. The fourth-order valence-corrected chi connectivity index (χ4v) is 4.07. The van der Waals surface area contributed by atoms with Gasteiger partial charge >= 0.3 is 0 Å². The van der Waals surface area contributed by atoms with Gasteiger partial charge in [0.1, 0.15) is 0 Å². The summed E-state index contributed by atoms with van der Waals surface area (Å²) in [5, 5.41) is 0. The highest BCUT2D eigenvalue weighted by Crippen LogP contribution is 2.20. The van der Waals surface area contributed by atoms with Gasteiger partial charge in [-0.05, 0) is 44.0 Å². The van der Waals surface area contributed by atoms with Crippen LogP contribution in [0.15, 0.2) is 47.6 Å². The molecule has 1 amide bonds. The Bertz CT molecular complexity index is 846. The van der Waals surface area contributed by atoms with Crippen molar-refractivity contribution in [1.82, 2.24) is 8.87 Å². The van der Waals surface area contributed by atoms with Crippen LogP contribution in [-0.2, 0) is 10.0 Å². The van der Waals surface area contributed by atoms with Crippen LogP contribution < -0.4 is 5.73 Å². The third-order valence-corrected chi connectivity index (χ3v) is 6.07. The zero-order chi connectivity index (χ0) is 17.3. The third-order valence-electron chi connectivity index (χ3n) is 4.42. The van der Waals surface area contributed by atoms with Crippen LogP contribution in [0.4, 0.5) is 0 Å². The van der Waals surface area contributed by atoms with Crippen LogP contribution >= 0.6 is 12.4 Å². The molecule has 0 radical (unpaired) electrons. The molecular weight excluding hydrogens is 362 g/mol. The largest absolute Gasteiger partial charge is 0.338 e. The first-order valence-corrected chi connectivity index (χ1v) is 9.35. The Morgan fingerprint density at radius 3 is 2.52 bits per heavy atom. The number of rotatable bonds is 4. The summed E-state index contributed by atoms with van der Waals surface area (Å²) in [6, 6.07) is 8.18. The molecule has 2 N–H and O–H groups in total. The van der Waals surface area contributed by atoms with E-state index in [0.29, 0.717) is 31.1 Å². The molecule has 0 saturated carbocycles. The molecule has 136 valence electrons. The molecule has 0 spiro atoms. The first kappa shape index (κ1) is 19.5. The second kappa shape index (κ2) is 7.59. The number of amides is 1. The van der Waals surface area contributed by atoms with Crippen LogP contribution in [0.1, 0.15) is 22.3 Å². The van der Waals surface area contributed by atoms with E-state index >= 15 is 0 Å². The number of halogens is 1. The van der Waals surface area contributed by atoms with Crippen molar-refractivity contribution in [3.05, 3.63) is 53.9 Å². The van der Waals surface area contributed by atoms with Crippen molar-refractivity contribution in [2.45, 2.75) is 18.2 Å². The van der Waals surface area contributed by atoms with Crippen molar-refractivity contribution in [1.29, 1.82) is 0 Å². The van der Waals surface area contributed by atoms with Crippen molar-refractivity contribution in [3.8, 4) is 0 Å². The first-order chi connectivity index (χ1) is 11.4. The number of aryl methyl sites for hydroxylation is 1. The van der Waals surface area contributed by atoms with Gasteiger partial charge < -0.3 is 10.6 Å². The lowest BCUT2D eigenvalue weighted by atomic mass is 10.1. The molecule has 0 bridgehead atoms. The highest BCUT2D eigenvalue weighted by atomic mass is 35.5. The van der Waals surface area contributed by atoms with E-state index in [2.05, 4.69) is 0 Å². The number of hydrogen-bond acceptors (Lipinski definition) is 4. The summed E-state index contributed by atoms with van der Waals surface area (Å²) >= 11 is 0. The number of benzene rings is 1. The maximum atomic E-state index is 12.6. The predicted molar refractivity (Wildman–Crippen MR) is 98.5 cm³/mol. The molecule has 1 aromatic carbocycles. The van der Waals surface area contributed by atoms with Gasteiger partial charge in [-0.25, -0.2) is 12.4 Å². The fourth-order valence-electron chi connectivity index (χ4n) is 2.88. The van der Waals surface area contributed by atoms with Gasteiger partial charge in [-0.3, -0.25) is 4.79 Å². The minimum Gasteiger partial charge on any atom is -0.338 e. The van der Waals surface area contributed by atoms with E-state index in [1.165, 1.54) is 12.4 Å². The zero-order valence-corrected chi connectivity index (χ0v) is 15.6. The van der Waals surface area contributed by atoms with Crippen LogP contribution in [0.2, 0.25) is 0 Å². The number of nitrogens with two attached hydrogens (primary N) is 1. The smallest absolute Gasteiger partial charge is 0.267 e. The summed E-state index contributed by atoms with van der Waals surface area (Å²) in [6.45, 7) is 3.75. The Kier molecular flexibility index (Phi) is 5.92. The van der Waals surface area contributed by atoms with Crippen LogP contribution in [0.25, 0.3) is 0 Å². The summed E-state index contributed by atoms with van der Waals surface area (Å²) in [5.41, 5.74) is 7.01. The van der Waals surface area contributed by atoms with Crippen molar-refractivity contribution < 1.29 is 13.2 Å². The first-order valence-electron chi connectivity index (χ1n) is 7.91. The van der Waals surface area contributed by atoms with Gasteiger partial charge in [0.05, 0.1) is 10.5 Å². The summed E-state index contributed by atoms with van der Waals surface area (Å²) in [5.74, 6) is 0.177. The highest BCUT2D eigenvalue weighted by Gasteiger charge is 2.27. The van der Waals surface area contributed by atoms with Crippen LogP contribution in [0.5, 0.6) is 0 Å². The molecule has 8 heteroatoms. The van der Waals surface area contributed by atoms with Crippen molar-refractivity contribution in [3.63, 3.8) is 0 Å². The maximum Gasteiger partial charge on any atom is 0.267 e. The second-order valence-electron chi connectivity index (χ2n) is 6.19. The topological polar surface area (TPSA) is 85.4 Å². The molecule has 0 aliphatic carbocycles. The normalized spacial score (nSPS) is 17.4. The molecule has 1 aliphatic rings. The Morgan fingerprint density at radius 1 is 1.24 bits per heavy atom. The van der Waals surface area contributed by atoms with Crippen LogP contribution in [0, 0.1) is 12.8 Å². The van der Waals surface area contributed by atoms with Gasteiger partial charge in [0.25, 0.3) is 15.9 Å². The van der Waals surface area contributed by atoms with Crippen molar-refractivity contribution in [2.24, 2.45) is 11.7 Å². The van der Waals surface area contributed by atoms with E-state index < -0.39 is 10.0 Å². The van der Waals surface area contributed by atoms with Crippen molar-refractivity contribution >= 4 is 28.3 Å². The highest BCUT2D eigenvalue weighted by molar-refractivity contribution is 7.90. The van der Waals surface area contributed by atoms with E-state index in [4.69, 9.17) is 5.73 Å². The molecule has 2 heterocycles. The number of likely N-dealkylation sites (tertiary alicyclic amines) is 1. The molecule has 1 atom stereocenters. The Labute approximate surface area is 154 Å². The molecule has 1 fully saturated rings. The van der Waals surface area contributed by atoms with Crippen LogP contribution in [0.3, 0.4) is 0 Å². The summed E-state index contributed by atoms with van der Waals surface area (Å²) in [6.07, 6.45) is 3.69. The number of hydrogen-bond donors (Lipinski definition) is 1. The summed E-state index contributed by atoms with van der Waals surface area (Å²) in [4.78, 5) is 14.4. The van der Waals surface area contributed by atoms with Gasteiger partial charge in [0, 0.05) is 25.5 Å². The minimum atomic E-state index is -3.68. The van der Waals surface area contributed by atoms with E-state index in [1.807, 2.05) is 6.92 Å².